The van der Waals surface area contributed by atoms with Crippen molar-refractivity contribution in [2.24, 2.45) is 5.92 Å². The van der Waals surface area contributed by atoms with Gasteiger partial charge in [0.25, 0.3) is 5.91 Å². The third kappa shape index (κ3) is 8.64. The molecule has 0 bridgehead atoms. The Balaban J connectivity index is 2.50. The van der Waals surface area contributed by atoms with Crippen LogP contribution < -0.4 is 15.4 Å². The Morgan fingerprint density at radius 2 is 1.74 bits per heavy atom. The molecule has 0 radical (unpaired) electrons. The van der Waals surface area contributed by atoms with Gasteiger partial charge in [0.1, 0.15) is 23.4 Å². The zero-order chi connectivity index (χ0) is 28.5. The number of hydrogen-bond donors (Lipinski definition) is 2. The van der Waals surface area contributed by atoms with Crippen LogP contribution in [-0.2, 0) is 14.3 Å². The van der Waals surface area contributed by atoms with Crippen molar-refractivity contribution < 1.29 is 23.9 Å². The second-order valence-corrected chi connectivity index (χ2v) is 10.4. The number of amides is 3. The molecular formula is C30H41N3O5. The molecule has 8 nitrogen and oxygen atoms in total. The molecule has 206 valence electrons. The fraction of sp³-hybridized carbons (Fsp3) is 0.433. The Hall–Kier alpha value is -3.81. The highest BCUT2D eigenvalue weighted by Crippen LogP contribution is 2.27. The predicted molar refractivity (Wildman–Crippen MR) is 151 cm³/mol. The van der Waals surface area contributed by atoms with Crippen molar-refractivity contribution in [2.75, 3.05) is 19.0 Å². The van der Waals surface area contributed by atoms with E-state index in [1.165, 1.54) is 4.90 Å². The standard InChI is InChI=1S/C30H41N3O5/c1-9-18-33(28(35)25(20(3)4)32-29(36)38-30(5,6)7)26(22-13-11-12-21(10-2)19-22)27(34)31-23-14-16-24(37-8)17-15-23/h10-17,19-20,25-26H,2,9,18H2,1,3-8H3,(H,31,34)(H,32,36). The third-order valence-electron chi connectivity index (χ3n) is 5.73. The van der Waals surface area contributed by atoms with Crippen molar-refractivity contribution in [3.05, 3.63) is 66.2 Å². The number of nitrogens with one attached hydrogen (secondary N) is 2. The first-order valence-corrected chi connectivity index (χ1v) is 12.9. The van der Waals surface area contributed by atoms with Gasteiger partial charge in [-0.25, -0.2) is 4.79 Å². The quantitative estimate of drug-likeness (QED) is 0.388. The van der Waals surface area contributed by atoms with Gasteiger partial charge in [0.15, 0.2) is 0 Å². The Labute approximate surface area is 226 Å². The van der Waals surface area contributed by atoms with Crippen molar-refractivity contribution in [1.29, 1.82) is 0 Å². The summed E-state index contributed by atoms with van der Waals surface area (Å²) in [5.74, 6) is -0.335. The van der Waals surface area contributed by atoms with E-state index < -0.39 is 23.8 Å². The molecule has 2 rings (SSSR count). The largest absolute Gasteiger partial charge is 0.497 e. The van der Waals surface area contributed by atoms with Crippen LogP contribution in [0.2, 0.25) is 0 Å². The van der Waals surface area contributed by atoms with Crippen LogP contribution in [0.5, 0.6) is 5.75 Å². The van der Waals surface area contributed by atoms with E-state index in [9.17, 15) is 14.4 Å². The molecule has 0 saturated carbocycles. The molecule has 0 spiro atoms. The van der Waals surface area contributed by atoms with E-state index in [4.69, 9.17) is 9.47 Å². The normalized spacial score (nSPS) is 12.7. The molecule has 8 heteroatoms. The van der Waals surface area contributed by atoms with Gasteiger partial charge in [-0.1, -0.05) is 51.6 Å². The fourth-order valence-electron chi connectivity index (χ4n) is 3.95. The second kappa shape index (κ2) is 13.7. The maximum absolute atomic E-state index is 14.0. The monoisotopic (exact) mass is 523 g/mol. The lowest BCUT2D eigenvalue weighted by Crippen LogP contribution is -2.54. The number of alkyl carbamates (subject to hydrolysis) is 1. The van der Waals surface area contributed by atoms with Gasteiger partial charge in [-0.2, -0.15) is 0 Å². The SMILES string of the molecule is C=Cc1cccc(C(C(=O)Nc2ccc(OC)cc2)N(CCC)C(=O)C(NC(=O)OC(C)(C)C)C(C)C)c1. The van der Waals surface area contributed by atoms with Crippen LogP contribution in [0.1, 0.15) is 65.1 Å². The first-order valence-electron chi connectivity index (χ1n) is 12.9. The molecule has 0 fully saturated rings. The first-order chi connectivity index (χ1) is 17.9. The van der Waals surface area contributed by atoms with Crippen molar-refractivity contribution in [2.45, 2.75) is 65.6 Å². The number of nitrogens with zero attached hydrogens (tertiary/aromatic N) is 1. The zero-order valence-electron chi connectivity index (χ0n) is 23.5. The molecule has 38 heavy (non-hydrogen) atoms. The molecule has 2 aromatic rings. The molecule has 2 unspecified atom stereocenters. The van der Waals surface area contributed by atoms with Crippen molar-refractivity contribution in [3.63, 3.8) is 0 Å². The molecule has 2 N–H and O–H groups in total. The molecule has 0 aliphatic carbocycles. The molecule has 3 amide bonds. The highest BCUT2D eigenvalue weighted by Gasteiger charge is 2.37. The minimum Gasteiger partial charge on any atom is -0.497 e. The summed E-state index contributed by atoms with van der Waals surface area (Å²) in [5.41, 5.74) is 1.30. The molecule has 0 heterocycles. The lowest BCUT2D eigenvalue weighted by atomic mass is 9.97. The summed E-state index contributed by atoms with van der Waals surface area (Å²) >= 11 is 0. The maximum Gasteiger partial charge on any atom is 0.408 e. The molecular weight excluding hydrogens is 482 g/mol. The van der Waals surface area contributed by atoms with E-state index in [-0.39, 0.29) is 17.7 Å². The van der Waals surface area contributed by atoms with Gasteiger partial charge in [0.2, 0.25) is 5.91 Å². The molecule has 0 aliphatic rings. The van der Waals surface area contributed by atoms with E-state index in [2.05, 4.69) is 17.2 Å². The number of benzene rings is 2. The zero-order valence-corrected chi connectivity index (χ0v) is 23.5. The Morgan fingerprint density at radius 1 is 1.08 bits per heavy atom. The number of rotatable bonds is 11. The molecule has 0 aromatic heterocycles. The number of ether oxygens (including phenoxy) is 2. The molecule has 0 aliphatic heterocycles. The van der Waals surface area contributed by atoms with Gasteiger partial charge in [-0.15, -0.1) is 0 Å². The summed E-state index contributed by atoms with van der Waals surface area (Å²) in [4.78, 5) is 42.0. The number of carbonyl (C=O) groups is 3. The summed E-state index contributed by atoms with van der Waals surface area (Å²) in [7, 11) is 1.57. The number of carbonyl (C=O) groups excluding carboxylic acids is 3. The van der Waals surface area contributed by atoms with Crippen LogP contribution in [-0.4, -0.2) is 48.1 Å². The maximum atomic E-state index is 14.0. The summed E-state index contributed by atoms with van der Waals surface area (Å²) in [6.45, 7) is 15.0. The van der Waals surface area contributed by atoms with E-state index in [0.717, 1.165) is 5.56 Å². The fourth-order valence-corrected chi connectivity index (χ4v) is 3.95. The Morgan fingerprint density at radius 3 is 2.26 bits per heavy atom. The summed E-state index contributed by atoms with van der Waals surface area (Å²) in [6, 6.07) is 12.5. The topological polar surface area (TPSA) is 97.0 Å². The Bertz CT molecular complexity index is 1110. The molecule has 0 saturated heterocycles. The van der Waals surface area contributed by atoms with Crippen LogP contribution in [0.15, 0.2) is 55.1 Å². The van der Waals surface area contributed by atoms with Gasteiger partial charge in [-0.3, -0.25) is 9.59 Å². The van der Waals surface area contributed by atoms with Crippen LogP contribution in [0.25, 0.3) is 6.08 Å². The van der Waals surface area contributed by atoms with Crippen LogP contribution in [0.4, 0.5) is 10.5 Å². The first kappa shape index (κ1) is 30.4. The van der Waals surface area contributed by atoms with Crippen molar-refractivity contribution in [1.82, 2.24) is 10.2 Å². The second-order valence-electron chi connectivity index (χ2n) is 10.4. The molecule has 2 atom stereocenters. The minimum absolute atomic E-state index is 0.251. The average Bonchev–Trinajstić information content (AvgIpc) is 2.86. The number of hydrogen-bond acceptors (Lipinski definition) is 5. The van der Waals surface area contributed by atoms with Crippen molar-refractivity contribution in [3.8, 4) is 5.75 Å². The highest BCUT2D eigenvalue weighted by molar-refractivity contribution is 5.99. The van der Waals surface area contributed by atoms with Crippen LogP contribution in [0, 0.1) is 5.92 Å². The predicted octanol–water partition coefficient (Wildman–Crippen LogP) is 5.81. The Kier molecular flexibility index (Phi) is 10.9. The summed E-state index contributed by atoms with van der Waals surface area (Å²) < 4.78 is 10.6. The van der Waals surface area contributed by atoms with E-state index in [1.807, 2.05) is 45.0 Å². The number of methoxy groups -OCH3 is 1. The van der Waals surface area contributed by atoms with Crippen LogP contribution in [0.3, 0.4) is 0 Å². The highest BCUT2D eigenvalue weighted by atomic mass is 16.6. The van der Waals surface area contributed by atoms with Gasteiger partial charge >= 0.3 is 6.09 Å². The third-order valence-corrected chi connectivity index (χ3v) is 5.73. The lowest BCUT2D eigenvalue weighted by Gasteiger charge is -2.35. The summed E-state index contributed by atoms with van der Waals surface area (Å²) in [6.07, 6.45) is 1.61. The smallest absolute Gasteiger partial charge is 0.408 e. The van der Waals surface area contributed by atoms with E-state index in [1.54, 1.807) is 58.2 Å². The van der Waals surface area contributed by atoms with E-state index in [0.29, 0.717) is 30.0 Å². The number of anilines is 1. The van der Waals surface area contributed by atoms with Crippen molar-refractivity contribution >= 4 is 29.7 Å². The van der Waals surface area contributed by atoms with Gasteiger partial charge < -0.3 is 25.0 Å². The average molecular weight is 524 g/mol. The molecule has 2 aromatic carbocycles. The lowest BCUT2D eigenvalue weighted by molar-refractivity contribution is -0.141. The van der Waals surface area contributed by atoms with Gasteiger partial charge in [0, 0.05) is 12.2 Å². The van der Waals surface area contributed by atoms with Gasteiger partial charge in [0.05, 0.1) is 7.11 Å². The summed E-state index contributed by atoms with van der Waals surface area (Å²) in [5, 5.41) is 5.66. The van der Waals surface area contributed by atoms with Gasteiger partial charge in [-0.05, 0) is 74.6 Å². The van der Waals surface area contributed by atoms with E-state index >= 15 is 0 Å². The van der Waals surface area contributed by atoms with Crippen LogP contribution >= 0.6 is 0 Å². The minimum atomic E-state index is -0.953.